The van der Waals surface area contributed by atoms with Gasteiger partial charge < -0.3 is 15.3 Å². The van der Waals surface area contributed by atoms with Crippen LogP contribution in [0.25, 0.3) is 0 Å². The Kier molecular flexibility index (Phi) is 5.70. The largest absolute Gasteiger partial charge is 0.394 e. The zero-order valence-corrected chi connectivity index (χ0v) is 13.2. The van der Waals surface area contributed by atoms with Crippen molar-refractivity contribution >= 4 is 17.3 Å². The van der Waals surface area contributed by atoms with Crippen molar-refractivity contribution < 1.29 is 5.11 Å². The number of nitrogens with one attached hydrogen (secondary N) is 1. The van der Waals surface area contributed by atoms with Crippen molar-refractivity contribution in [1.29, 1.82) is 0 Å². The van der Waals surface area contributed by atoms with Crippen molar-refractivity contribution in [2.24, 2.45) is 0 Å². The molecule has 1 aliphatic heterocycles. The van der Waals surface area contributed by atoms with Crippen LogP contribution < -0.4 is 10.2 Å². The number of aliphatic hydroxyl groups excluding tert-OH is 1. The van der Waals surface area contributed by atoms with Crippen molar-refractivity contribution in [2.45, 2.75) is 44.7 Å². The molecule has 1 aromatic rings. The molecule has 0 radical (unpaired) electrons. The number of benzene rings is 1. The molecule has 1 aliphatic rings. The molecule has 2 unspecified atom stereocenters. The molecule has 0 amide bonds. The first kappa shape index (κ1) is 15.6. The average Bonchev–Trinajstić information content (AvgIpc) is 2.71. The summed E-state index contributed by atoms with van der Waals surface area (Å²) >= 11 is 6.42. The number of halogens is 1. The van der Waals surface area contributed by atoms with E-state index in [0.29, 0.717) is 0 Å². The summed E-state index contributed by atoms with van der Waals surface area (Å²) in [4.78, 5) is 2.31. The van der Waals surface area contributed by atoms with E-state index < -0.39 is 0 Å². The number of aliphatic hydroxyl groups is 1. The van der Waals surface area contributed by atoms with Crippen LogP contribution in [0.2, 0.25) is 5.02 Å². The minimum absolute atomic E-state index is 0.215. The summed E-state index contributed by atoms with van der Waals surface area (Å²) in [6, 6.07) is 6.73. The maximum atomic E-state index is 9.61. The van der Waals surface area contributed by atoms with Crippen molar-refractivity contribution in [3.63, 3.8) is 0 Å². The number of rotatable bonds is 4. The number of hydrogen-bond acceptors (Lipinski definition) is 3. The van der Waals surface area contributed by atoms with Gasteiger partial charge in [0.1, 0.15) is 0 Å². The lowest BCUT2D eigenvalue weighted by Gasteiger charge is -2.31. The molecular weight excluding hydrogens is 272 g/mol. The zero-order valence-electron chi connectivity index (χ0n) is 12.4. The number of hydrogen-bond donors (Lipinski definition) is 2. The molecule has 2 N–H and O–H groups in total. The van der Waals surface area contributed by atoms with E-state index in [4.69, 9.17) is 11.6 Å². The monoisotopic (exact) mass is 296 g/mol. The van der Waals surface area contributed by atoms with Gasteiger partial charge in [0.05, 0.1) is 12.6 Å². The molecule has 1 aromatic carbocycles. The van der Waals surface area contributed by atoms with Crippen LogP contribution in [0, 0.1) is 0 Å². The van der Waals surface area contributed by atoms with E-state index in [2.05, 4.69) is 29.3 Å². The van der Waals surface area contributed by atoms with Crippen LogP contribution in [-0.2, 0) is 0 Å². The Labute approximate surface area is 126 Å². The lowest BCUT2D eigenvalue weighted by atomic mass is 10.1. The van der Waals surface area contributed by atoms with Crippen LogP contribution >= 0.6 is 11.6 Å². The highest BCUT2D eigenvalue weighted by Gasteiger charge is 2.21. The third-order valence-electron chi connectivity index (χ3n) is 4.30. The van der Waals surface area contributed by atoms with Crippen LogP contribution in [0.1, 0.15) is 44.2 Å². The van der Waals surface area contributed by atoms with Crippen molar-refractivity contribution in [3.05, 3.63) is 28.8 Å². The molecule has 0 bridgehead atoms. The van der Waals surface area contributed by atoms with Crippen LogP contribution in [0.15, 0.2) is 18.2 Å². The maximum Gasteiger partial charge on any atom is 0.0635 e. The van der Waals surface area contributed by atoms with Gasteiger partial charge in [0.15, 0.2) is 0 Å². The molecule has 20 heavy (non-hydrogen) atoms. The molecule has 0 aromatic heterocycles. The fourth-order valence-corrected chi connectivity index (χ4v) is 3.25. The maximum absolute atomic E-state index is 9.61. The predicted octanol–water partition coefficient (Wildman–Crippen LogP) is 3.36. The second-order valence-corrected chi connectivity index (χ2v) is 6.00. The molecule has 3 nitrogen and oxygen atoms in total. The smallest absolute Gasteiger partial charge is 0.0635 e. The minimum atomic E-state index is 0.215. The fourth-order valence-electron chi connectivity index (χ4n) is 2.91. The zero-order chi connectivity index (χ0) is 14.5. The van der Waals surface area contributed by atoms with Gasteiger partial charge in [-0.1, -0.05) is 30.5 Å². The van der Waals surface area contributed by atoms with Gasteiger partial charge in [-0.05, 0) is 44.5 Å². The number of anilines is 1. The topological polar surface area (TPSA) is 35.5 Å². The highest BCUT2D eigenvalue weighted by atomic mass is 35.5. The highest BCUT2D eigenvalue weighted by molar-refractivity contribution is 6.31. The summed E-state index contributed by atoms with van der Waals surface area (Å²) in [6.45, 7) is 3.32. The molecule has 1 heterocycles. The Morgan fingerprint density at radius 1 is 1.40 bits per heavy atom. The van der Waals surface area contributed by atoms with Gasteiger partial charge in [-0.3, -0.25) is 0 Å². The van der Waals surface area contributed by atoms with E-state index in [1.807, 2.05) is 13.1 Å². The first-order chi connectivity index (χ1) is 9.67. The molecule has 112 valence electrons. The van der Waals surface area contributed by atoms with E-state index in [1.165, 1.54) is 19.3 Å². The SMILES string of the molecule is CNC(C)c1ccc(N2CCCCCC2CO)cc1Cl. The van der Waals surface area contributed by atoms with Gasteiger partial charge in [-0.15, -0.1) is 0 Å². The molecule has 4 heteroatoms. The van der Waals surface area contributed by atoms with Crippen molar-refractivity contribution in [2.75, 3.05) is 25.1 Å². The Bertz CT molecular complexity index is 438. The highest BCUT2D eigenvalue weighted by Crippen LogP contribution is 2.30. The molecule has 1 fully saturated rings. The fraction of sp³-hybridized carbons (Fsp3) is 0.625. The third kappa shape index (κ3) is 3.46. The van der Waals surface area contributed by atoms with Crippen molar-refractivity contribution in [3.8, 4) is 0 Å². The summed E-state index contributed by atoms with van der Waals surface area (Å²) in [6.07, 6.45) is 4.69. The van der Waals surface area contributed by atoms with Gasteiger partial charge in [-0.25, -0.2) is 0 Å². The molecule has 1 saturated heterocycles. The molecular formula is C16H25ClN2O. The first-order valence-corrected chi connectivity index (χ1v) is 7.89. The Balaban J connectivity index is 2.24. The van der Waals surface area contributed by atoms with E-state index in [1.54, 1.807) is 0 Å². The van der Waals surface area contributed by atoms with Gasteiger partial charge in [0.2, 0.25) is 0 Å². The lowest BCUT2D eigenvalue weighted by molar-refractivity contribution is 0.255. The van der Waals surface area contributed by atoms with Gasteiger partial charge in [0.25, 0.3) is 0 Å². The summed E-state index contributed by atoms with van der Waals surface area (Å²) < 4.78 is 0. The summed E-state index contributed by atoms with van der Waals surface area (Å²) in [5.41, 5.74) is 2.25. The number of nitrogens with zero attached hydrogens (tertiary/aromatic N) is 1. The van der Waals surface area contributed by atoms with Gasteiger partial charge in [-0.2, -0.15) is 0 Å². The summed E-state index contributed by atoms with van der Waals surface area (Å²) in [7, 11) is 1.94. The normalized spacial score (nSPS) is 21.6. The van der Waals surface area contributed by atoms with E-state index >= 15 is 0 Å². The Morgan fingerprint density at radius 2 is 2.20 bits per heavy atom. The van der Waals surface area contributed by atoms with Crippen LogP contribution in [0.4, 0.5) is 5.69 Å². The molecule has 0 saturated carbocycles. The van der Waals surface area contributed by atoms with Crippen LogP contribution in [-0.4, -0.2) is 31.3 Å². The lowest BCUT2D eigenvalue weighted by Crippen LogP contribution is -2.37. The average molecular weight is 297 g/mol. The molecule has 2 rings (SSSR count). The molecule has 0 aliphatic carbocycles. The van der Waals surface area contributed by atoms with Crippen molar-refractivity contribution in [1.82, 2.24) is 5.32 Å². The second-order valence-electron chi connectivity index (χ2n) is 5.60. The quantitative estimate of drug-likeness (QED) is 0.894. The summed E-state index contributed by atoms with van der Waals surface area (Å²) in [5.74, 6) is 0. The minimum Gasteiger partial charge on any atom is -0.394 e. The second kappa shape index (κ2) is 7.30. The Morgan fingerprint density at radius 3 is 2.85 bits per heavy atom. The standard InChI is InChI=1S/C16H25ClN2O/c1-12(18-2)15-8-7-13(10-16(15)17)19-9-5-3-4-6-14(19)11-20/h7-8,10,12,14,18,20H,3-6,9,11H2,1-2H3. The van der Waals surface area contributed by atoms with Crippen LogP contribution in [0.3, 0.4) is 0 Å². The van der Waals surface area contributed by atoms with E-state index in [9.17, 15) is 5.11 Å². The van der Waals surface area contributed by atoms with E-state index in [0.717, 1.165) is 29.2 Å². The van der Waals surface area contributed by atoms with E-state index in [-0.39, 0.29) is 18.7 Å². The predicted molar refractivity (Wildman–Crippen MR) is 85.6 cm³/mol. The molecule has 0 spiro atoms. The van der Waals surface area contributed by atoms with Gasteiger partial charge >= 0.3 is 0 Å². The summed E-state index contributed by atoms with van der Waals surface area (Å²) in [5, 5.41) is 13.6. The Hall–Kier alpha value is -0.770. The van der Waals surface area contributed by atoms with Gasteiger partial charge in [0, 0.05) is 23.3 Å². The third-order valence-corrected chi connectivity index (χ3v) is 4.63. The molecule has 2 atom stereocenters. The first-order valence-electron chi connectivity index (χ1n) is 7.51. The van der Waals surface area contributed by atoms with Crippen LogP contribution in [0.5, 0.6) is 0 Å².